The Hall–Kier alpha value is -1.75. The van der Waals surface area contributed by atoms with Gasteiger partial charge in [-0.15, -0.1) is 11.8 Å². The van der Waals surface area contributed by atoms with Crippen molar-refractivity contribution in [3.05, 3.63) is 48.8 Å². The molecule has 0 saturated carbocycles. The second-order valence-corrected chi connectivity index (χ2v) is 7.13. The fourth-order valence-corrected chi connectivity index (χ4v) is 3.83. The molecule has 23 heavy (non-hydrogen) atoms. The minimum atomic E-state index is 0.297. The minimum Gasteiger partial charge on any atom is -0.343 e. The number of carbonyl (C=O) groups is 1. The van der Waals surface area contributed by atoms with E-state index in [2.05, 4.69) is 17.2 Å². The number of benzene rings is 1. The highest BCUT2D eigenvalue weighted by Gasteiger charge is 2.22. The Balaban J connectivity index is 1.36. The summed E-state index contributed by atoms with van der Waals surface area (Å²) in [6, 6.07) is 12.2. The number of hydrogen-bond acceptors (Lipinski definition) is 3. The zero-order chi connectivity index (χ0) is 15.9. The Bertz CT molecular complexity index is 592. The summed E-state index contributed by atoms with van der Waals surface area (Å²) in [5.41, 5.74) is 0. The van der Waals surface area contributed by atoms with E-state index in [-0.39, 0.29) is 0 Å². The number of rotatable bonds is 6. The van der Waals surface area contributed by atoms with Crippen LogP contribution in [0.15, 0.2) is 53.7 Å². The number of nitrogens with zero attached hydrogens (tertiary/aromatic N) is 3. The molecule has 3 rings (SSSR count). The van der Waals surface area contributed by atoms with E-state index >= 15 is 0 Å². The van der Waals surface area contributed by atoms with Crippen molar-refractivity contribution in [3.63, 3.8) is 0 Å². The molecule has 2 heterocycles. The van der Waals surface area contributed by atoms with E-state index < -0.39 is 0 Å². The average molecular weight is 329 g/mol. The maximum Gasteiger partial charge on any atom is 0.223 e. The van der Waals surface area contributed by atoms with Crippen LogP contribution in [0, 0.1) is 5.92 Å². The van der Waals surface area contributed by atoms with E-state index in [1.54, 1.807) is 11.8 Å². The largest absolute Gasteiger partial charge is 0.343 e. The van der Waals surface area contributed by atoms with Gasteiger partial charge in [0.1, 0.15) is 0 Å². The summed E-state index contributed by atoms with van der Waals surface area (Å²) in [7, 11) is 0. The normalized spacial score (nSPS) is 15.7. The fourth-order valence-electron chi connectivity index (χ4n) is 2.97. The first-order valence-electron chi connectivity index (χ1n) is 8.24. The molecule has 1 aliphatic rings. The molecule has 1 saturated heterocycles. The van der Waals surface area contributed by atoms with E-state index in [9.17, 15) is 4.79 Å². The molecule has 0 atom stereocenters. The van der Waals surface area contributed by atoms with Gasteiger partial charge in [-0.25, -0.2) is 0 Å². The number of piperidine rings is 1. The van der Waals surface area contributed by atoms with Crippen molar-refractivity contribution < 1.29 is 4.79 Å². The van der Waals surface area contributed by atoms with Crippen LogP contribution in [0.3, 0.4) is 0 Å². The van der Waals surface area contributed by atoms with Crippen LogP contribution in [-0.4, -0.2) is 39.4 Å². The van der Waals surface area contributed by atoms with Crippen LogP contribution in [0.25, 0.3) is 0 Å². The summed E-state index contributed by atoms with van der Waals surface area (Å²) in [5, 5.41) is 4.27. The summed E-state index contributed by atoms with van der Waals surface area (Å²) in [4.78, 5) is 15.6. The first-order valence-corrected chi connectivity index (χ1v) is 9.23. The van der Waals surface area contributed by atoms with Crippen LogP contribution >= 0.6 is 11.8 Å². The third-order valence-electron chi connectivity index (χ3n) is 4.30. The van der Waals surface area contributed by atoms with Gasteiger partial charge in [0.15, 0.2) is 0 Å². The molecule has 1 aromatic carbocycles. The maximum atomic E-state index is 12.3. The summed E-state index contributed by atoms with van der Waals surface area (Å²) in [5.74, 6) is 1.79. The predicted molar refractivity (Wildman–Crippen MR) is 93.3 cm³/mol. The van der Waals surface area contributed by atoms with E-state index in [4.69, 9.17) is 0 Å². The lowest BCUT2D eigenvalue weighted by atomic mass is 9.96. The van der Waals surface area contributed by atoms with Gasteiger partial charge in [-0.1, -0.05) is 18.2 Å². The Kier molecular flexibility index (Phi) is 5.75. The van der Waals surface area contributed by atoms with Crippen LogP contribution in [0.2, 0.25) is 0 Å². The predicted octanol–water partition coefficient (Wildman–Crippen LogP) is 3.30. The number of thioether (sulfide) groups is 1. The van der Waals surface area contributed by atoms with Gasteiger partial charge in [0, 0.05) is 49.1 Å². The van der Waals surface area contributed by atoms with Gasteiger partial charge in [-0.3, -0.25) is 9.48 Å². The highest BCUT2D eigenvalue weighted by molar-refractivity contribution is 7.99. The first kappa shape index (κ1) is 16.1. The third-order valence-corrected chi connectivity index (χ3v) is 5.31. The van der Waals surface area contributed by atoms with Gasteiger partial charge in [-0.05, 0) is 37.0 Å². The lowest BCUT2D eigenvalue weighted by Gasteiger charge is -2.32. The molecule has 1 aliphatic heterocycles. The van der Waals surface area contributed by atoms with Crippen molar-refractivity contribution in [1.29, 1.82) is 0 Å². The molecular weight excluding hydrogens is 306 g/mol. The number of carbonyl (C=O) groups excluding carboxylic acids is 1. The third kappa shape index (κ3) is 4.86. The standard InChI is InChI=1S/C18H23N3OS/c22-18(9-14-23-17-5-2-1-3-6-17)20-12-7-16(8-13-20)15-21-11-4-10-19-21/h1-6,10-11,16H,7-9,12-15H2. The Morgan fingerprint density at radius 1 is 1.17 bits per heavy atom. The molecule has 0 aliphatic carbocycles. The fraction of sp³-hybridized carbons (Fsp3) is 0.444. The second-order valence-electron chi connectivity index (χ2n) is 5.96. The van der Waals surface area contributed by atoms with Crippen LogP contribution in [0.5, 0.6) is 0 Å². The van der Waals surface area contributed by atoms with Crippen LogP contribution in [0.1, 0.15) is 19.3 Å². The zero-order valence-electron chi connectivity index (χ0n) is 13.3. The Morgan fingerprint density at radius 2 is 1.96 bits per heavy atom. The molecule has 0 bridgehead atoms. The highest BCUT2D eigenvalue weighted by Crippen LogP contribution is 2.21. The summed E-state index contributed by atoms with van der Waals surface area (Å²) in [6.45, 7) is 2.75. The Morgan fingerprint density at radius 3 is 2.65 bits per heavy atom. The summed E-state index contributed by atoms with van der Waals surface area (Å²) in [6.07, 6.45) is 6.62. The van der Waals surface area contributed by atoms with Crippen molar-refractivity contribution in [2.75, 3.05) is 18.8 Å². The molecule has 4 nitrogen and oxygen atoms in total. The van der Waals surface area contributed by atoms with Gasteiger partial charge in [0.25, 0.3) is 0 Å². The number of hydrogen-bond donors (Lipinski definition) is 0. The number of likely N-dealkylation sites (tertiary alicyclic amines) is 1. The summed E-state index contributed by atoms with van der Waals surface area (Å²) >= 11 is 1.76. The summed E-state index contributed by atoms with van der Waals surface area (Å²) < 4.78 is 2.00. The topological polar surface area (TPSA) is 38.1 Å². The molecule has 0 spiro atoms. The SMILES string of the molecule is O=C(CCSc1ccccc1)N1CCC(Cn2cccn2)CC1. The second kappa shape index (κ2) is 8.20. The van der Waals surface area contributed by atoms with Gasteiger partial charge in [-0.2, -0.15) is 5.10 Å². The van der Waals surface area contributed by atoms with Crippen molar-refractivity contribution in [2.24, 2.45) is 5.92 Å². The van der Waals surface area contributed by atoms with E-state index in [0.29, 0.717) is 18.2 Å². The van der Waals surface area contributed by atoms with Crippen LogP contribution in [0.4, 0.5) is 0 Å². The molecular formula is C18H23N3OS. The van der Waals surface area contributed by atoms with Gasteiger partial charge in [0.05, 0.1) is 0 Å². The lowest BCUT2D eigenvalue weighted by molar-refractivity contribution is -0.132. The van der Waals surface area contributed by atoms with Crippen molar-refractivity contribution >= 4 is 17.7 Å². The van der Waals surface area contributed by atoms with Gasteiger partial charge in [0.2, 0.25) is 5.91 Å². The number of aromatic nitrogens is 2. The molecule has 1 aromatic heterocycles. The van der Waals surface area contributed by atoms with Gasteiger partial charge >= 0.3 is 0 Å². The van der Waals surface area contributed by atoms with E-state index in [1.807, 2.05) is 46.2 Å². The highest BCUT2D eigenvalue weighted by atomic mass is 32.2. The molecule has 1 fully saturated rings. The zero-order valence-corrected chi connectivity index (χ0v) is 14.1. The van der Waals surface area contributed by atoms with Crippen LogP contribution in [-0.2, 0) is 11.3 Å². The maximum absolute atomic E-state index is 12.3. The Labute approximate surface area is 141 Å². The molecule has 122 valence electrons. The molecule has 1 amide bonds. The van der Waals surface area contributed by atoms with Crippen molar-refractivity contribution in [3.8, 4) is 0 Å². The molecule has 5 heteroatoms. The first-order chi connectivity index (χ1) is 11.3. The number of amides is 1. The van der Waals surface area contributed by atoms with Crippen molar-refractivity contribution in [2.45, 2.75) is 30.7 Å². The quantitative estimate of drug-likeness (QED) is 0.763. The minimum absolute atomic E-state index is 0.297. The van der Waals surface area contributed by atoms with Crippen molar-refractivity contribution in [1.82, 2.24) is 14.7 Å². The smallest absolute Gasteiger partial charge is 0.223 e. The molecule has 0 radical (unpaired) electrons. The monoisotopic (exact) mass is 329 g/mol. The van der Waals surface area contributed by atoms with E-state index in [0.717, 1.165) is 38.2 Å². The molecule has 0 unspecified atom stereocenters. The van der Waals surface area contributed by atoms with E-state index in [1.165, 1.54) is 4.90 Å². The molecule has 2 aromatic rings. The lowest BCUT2D eigenvalue weighted by Crippen LogP contribution is -2.39. The van der Waals surface area contributed by atoms with Crippen LogP contribution < -0.4 is 0 Å². The molecule has 0 N–H and O–H groups in total. The van der Waals surface area contributed by atoms with Gasteiger partial charge < -0.3 is 4.90 Å². The average Bonchev–Trinajstić information content (AvgIpc) is 3.09.